The molecule has 2 rings (SSSR count). The van der Waals surface area contributed by atoms with Gasteiger partial charge in [0, 0.05) is 11.4 Å². The van der Waals surface area contributed by atoms with Gasteiger partial charge in [0.1, 0.15) is 0 Å². The first-order valence-electron chi connectivity index (χ1n) is 7.74. The number of nitrogens with zero attached hydrogens (tertiary/aromatic N) is 1. The Labute approximate surface area is 137 Å². The van der Waals surface area contributed by atoms with E-state index in [9.17, 15) is 4.79 Å². The summed E-state index contributed by atoms with van der Waals surface area (Å²) in [6.07, 6.45) is 0. The third kappa shape index (κ3) is 4.97. The number of rotatable bonds is 7. The van der Waals surface area contributed by atoms with Crippen LogP contribution in [0.25, 0.3) is 0 Å². The zero-order valence-corrected chi connectivity index (χ0v) is 14.4. The van der Waals surface area contributed by atoms with Crippen LogP contribution < -0.4 is 5.32 Å². The molecule has 0 saturated carbocycles. The number of thiophene rings is 1. The molecule has 0 bridgehead atoms. The lowest BCUT2D eigenvalue weighted by molar-refractivity contribution is -0.673. The van der Waals surface area contributed by atoms with Crippen molar-refractivity contribution in [2.45, 2.75) is 39.9 Å². The summed E-state index contributed by atoms with van der Waals surface area (Å²) in [5.41, 5.74) is 2.44. The fourth-order valence-electron chi connectivity index (χ4n) is 2.24. The lowest BCUT2D eigenvalue weighted by Crippen LogP contribution is -2.90. The topological polar surface area (TPSA) is 36.9 Å². The highest BCUT2D eigenvalue weighted by Crippen LogP contribution is 2.19. The molecule has 0 aliphatic carbocycles. The molecule has 0 aliphatic heterocycles. The van der Waals surface area contributed by atoms with Gasteiger partial charge in [0.15, 0.2) is 6.54 Å². The Morgan fingerprint density at radius 3 is 2.50 bits per heavy atom. The highest BCUT2D eigenvalue weighted by atomic mass is 32.1. The molecule has 2 aromatic rings. The second kappa shape index (κ2) is 8.11. The SMILES string of the molecule is Cc1ccsc1CN(Cc1ccccc1)C(=O)C[NH2+]C(C)C. The van der Waals surface area contributed by atoms with Crippen LogP contribution in [-0.4, -0.2) is 23.4 Å². The van der Waals surface area contributed by atoms with Crippen molar-refractivity contribution in [2.24, 2.45) is 0 Å². The van der Waals surface area contributed by atoms with Crippen molar-refractivity contribution in [1.82, 2.24) is 4.90 Å². The Morgan fingerprint density at radius 1 is 1.18 bits per heavy atom. The molecule has 3 nitrogen and oxygen atoms in total. The summed E-state index contributed by atoms with van der Waals surface area (Å²) in [5, 5.41) is 4.18. The molecule has 1 heterocycles. The van der Waals surface area contributed by atoms with E-state index in [1.165, 1.54) is 16.0 Å². The quantitative estimate of drug-likeness (QED) is 0.837. The fraction of sp³-hybridized carbons (Fsp3) is 0.389. The normalized spacial score (nSPS) is 10.9. The van der Waals surface area contributed by atoms with Crippen molar-refractivity contribution in [2.75, 3.05) is 6.54 Å². The van der Waals surface area contributed by atoms with Gasteiger partial charge in [0.25, 0.3) is 5.91 Å². The lowest BCUT2D eigenvalue weighted by atomic mass is 10.2. The number of hydrogen-bond donors (Lipinski definition) is 1. The predicted octanol–water partition coefficient (Wildman–Crippen LogP) is 2.56. The Kier molecular flexibility index (Phi) is 6.16. The van der Waals surface area contributed by atoms with Gasteiger partial charge in [-0.3, -0.25) is 4.79 Å². The number of amides is 1. The first-order chi connectivity index (χ1) is 10.6. The number of carbonyl (C=O) groups excluding carboxylic acids is 1. The van der Waals surface area contributed by atoms with Crippen LogP contribution in [0.3, 0.4) is 0 Å². The van der Waals surface area contributed by atoms with E-state index in [2.05, 4.69) is 49.7 Å². The van der Waals surface area contributed by atoms with Crippen molar-refractivity contribution in [3.05, 3.63) is 57.8 Å². The number of quaternary nitrogens is 1. The van der Waals surface area contributed by atoms with Gasteiger partial charge in [-0.25, -0.2) is 0 Å². The minimum atomic E-state index is 0.199. The van der Waals surface area contributed by atoms with E-state index in [-0.39, 0.29) is 5.91 Å². The summed E-state index contributed by atoms with van der Waals surface area (Å²) in [4.78, 5) is 15.8. The Morgan fingerprint density at radius 2 is 1.91 bits per heavy atom. The van der Waals surface area contributed by atoms with Crippen LogP contribution in [0, 0.1) is 6.92 Å². The first kappa shape index (κ1) is 16.7. The molecule has 1 aromatic heterocycles. The van der Waals surface area contributed by atoms with Crippen LogP contribution in [0.1, 0.15) is 29.9 Å². The molecule has 0 atom stereocenters. The van der Waals surface area contributed by atoms with Gasteiger partial charge in [0.2, 0.25) is 0 Å². The van der Waals surface area contributed by atoms with Gasteiger partial charge in [-0.05, 0) is 43.3 Å². The summed E-state index contributed by atoms with van der Waals surface area (Å²) in [7, 11) is 0. The fourth-order valence-corrected chi connectivity index (χ4v) is 3.16. The first-order valence-corrected chi connectivity index (χ1v) is 8.62. The molecule has 0 unspecified atom stereocenters. The summed E-state index contributed by atoms with van der Waals surface area (Å²) >= 11 is 1.73. The maximum absolute atomic E-state index is 12.6. The summed E-state index contributed by atoms with van der Waals surface area (Å²) in [6, 6.07) is 12.8. The average molecular weight is 317 g/mol. The van der Waals surface area contributed by atoms with Crippen LogP contribution in [0.5, 0.6) is 0 Å². The third-order valence-corrected chi connectivity index (χ3v) is 4.64. The molecule has 118 valence electrons. The van der Waals surface area contributed by atoms with Gasteiger partial charge in [-0.15, -0.1) is 11.3 Å². The van der Waals surface area contributed by atoms with Crippen LogP contribution in [0.4, 0.5) is 0 Å². The monoisotopic (exact) mass is 317 g/mol. The number of carbonyl (C=O) groups is 1. The van der Waals surface area contributed by atoms with Gasteiger partial charge >= 0.3 is 0 Å². The second-order valence-corrected chi connectivity index (χ2v) is 6.95. The predicted molar refractivity (Wildman–Crippen MR) is 91.7 cm³/mol. The zero-order chi connectivity index (χ0) is 15.9. The van der Waals surface area contributed by atoms with E-state index in [0.717, 1.165) is 0 Å². The summed E-state index contributed by atoms with van der Waals surface area (Å²) in [5.74, 6) is 0.199. The third-order valence-electron chi connectivity index (χ3n) is 3.64. The standard InChI is InChI=1S/C18H24N2OS/c1-14(2)19-11-18(21)20(12-16-7-5-4-6-8-16)13-17-15(3)9-10-22-17/h4-10,14,19H,11-13H2,1-3H3/p+1. The van der Waals surface area contributed by atoms with E-state index in [0.29, 0.717) is 25.7 Å². The number of nitrogens with two attached hydrogens (primary N) is 1. The molecule has 1 aromatic carbocycles. The van der Waals surface area contributed by atoms with Gasteiger partial charge < -0.3 is 10.2 Å². The van der Waals surface area contributed by atoms with Crippen molar-refractivity contribution >= 4 is 17.2 Å². The van der Waals surface area contributed by atoms with Crippen molar-refractivity contribution < 1.29 is 10.1 Å². The highest BCUT2D eigenvalue weighted by molar-refractivity contribution is 7.10. The molecule has 0 aliphatic rings. The molecule has 2 N–H and O–H groups in total. The van der Waals surface area contributed by atoms with Gasteiger partial charge in [-0.1, -0.05) is 30.3 Å². The second-order valence-electron chi connectivity index (χ2n) is 5.95. The summed E-state index contributed by atoms with van der Waals surface area (Å²) in [6.45, 7) is 8.20. The van der Waals surface area contributed by atoms with Crippen LogP contribution in [-0.2, 0) is 17.9 Å². The Hall–Kier alpha value is -1.65. The number of hydrogen-bond acceptors (Lipinski definition) is 2. The largest absolute Gasteiger partial charge is 0.336 e. The summed E-state index contributed by atoms with van der Waals surface area (Å²) < 4.78 is 0. The maximum atomic E-state index is 12.6. The molecule has 1 amide bonds. The van der Waals surface area contributed by atoms with Crippen molar-refractivity contribution in [3.63, 3.8) is 0 Å². The molecular formula is C18H25N2OS+. The molecule has 22 heavy (non-hydrogen) atoms. The van der Waals surface area contributed by atoms with Crippen LogP contribution in [0.15, 0.2) is 41.8 Å². The minimum absolute atomic E-state index is 0.199. The molecule has 0 radical (unpaired) electrons. The lowest BCUT2D eigenvalue weighted by Gasteiger charge is -2.22. The number of benzene rings is 1. The van der Waals surface area contributed by atoms with Crippen molar-refractivity contribution in [1.29, 1.82) is 0 Å². The Balaban J connectivity index is 2.09. The average Bonchev–Trinajstić information content (AvgIpc) is 2.90. The van der Waals surface area contributed by atoms with Crippen LogP contribution in [0.2, 0.25) is 0 Å². The van der Waals surface area contributed by atoms with E-state index < -0.39 is 0 Å². The van der Waals surface area contributed by atoms with E-state index >= 15 is 0 Å². The highest BCUT2D eigenvalue weighted by Gasteiger charge is 2.18. The van der Waals surface area contributed by atoms with Gasteiger partial charge in [0.05, 0.1) is 12.6 Å². The molecular weight excluding hydrogens is 292 g/mol. The smallest absolute Gasteiger partial charge is 0.278 e. The molecule has 4 heteroatoms. The minimum Gasteiger partial charge on any atom is -0.336 e. The van der Waals surface area contributed by atoms with E-state index in [1.54, 1.807) is 11.3 Å². The van der Waals surface area contributed by atoms with E-state index in [1.807, 2.05) is 23.1 Å². The van der Waals surface area contributed by atoms with E-state index in [4.69, 9.17) is 0 Å². The zero-order valence-electron chi connectivity index (χ0n) is 13.6. The molecule has 0 fully saturated rings. The van der Waals surface area contributed by atoms with Crippen molar-refractivity contribution in [3.8, 4) is 0 Å². The van der Waals surface area contributed by atoms with Crippen LogP contribution >= 0.6 is 11.3 Å². The van der Waals surface area contributed by atoms with Gasteiger partial charge in [-0.2, -0.15) is 0 Å². The molecule has 0 spiro atoms. The molecule has 0 saturated heterocycles. The number of aryl methyl sites for hydroxylation is 1. The Bertz CT molecular complexity index is 592. The maximum Gasteiger partial charge on any atom is 0.278 e.